The number of carbonyl (C=O) groups is 2. The molecule has 0 fully saturated rings. The Kier molecular flexibility index (Phi) is 3.68. The van der Waals surface area contributed by atoms with Crippen LogP contribution in [-0.2, 0) is 4.79 Å². The molecule has 1 rings (SSSR count). The molecule has 0 saturated carbocycles. The van der Waals surface area contributed by atoms with Gasteiger partial charge >= 0.3 is 5.97 Å². The van der Waals surface area contributed by atoms with Crippen LogP contribution in [0.5, 0.6) is 0 Å². The Morgan fingerprint density at radius 2 is 2.00 bits per heavy atom. The number of hydrogen-bond acceptors (Lipinski definition) is 3. The molecule has 0 unspecified atom stereocenters. The normalized spacial score (nSPS) is 9.40. The highest BCUT2D eigenvalue weighted by molar-refractivity contribution is 5.95. The summed E-state index contributed by atoms with van der Waals surface area (Å²) < 4.78 is 0. The monoisotopic (exact) mass is 208 g/mol. The lowest BCUT2D eigenvalue weighted by molar-refractivity contribution is -0.118. The van der Waals surface area contributed by atoms with Crippen molar-refractivity contribution in [1.82, 2.24) is 5.32 Å². The van der Waals surface area contributed by atoms with Crippen LogP contribution in [0.2, 0.25) is 0 Å². The fourth-order valence-corrected chi connectivity index (χ4v) is 1.09. The van der Waals surface area contributed by atoms with E-state index < -0.39 is 5.97 Å². The third-order valence-corrected chi connectivity index (χ3v) is 1.88. The molecule has 0 aliphatic carbocycles. The van der Waals surface area contributed by atoms with Crippen LogP contribution in [0.1, 0.15) is 10.4 Å². The fourth-order valence-electron chi connectivity index (χ4n) is 1.09. The summed E-state index contributed by atoms with van der Waals surface area (Å²) in [6, 6.07) is 6.44. The first-order valence-electron chi connectivity index (χ1n) is 4.42. The molecule has 0 radical (unpaired) electrons. The van der Waals surface area contributed by atoms with Crippen molar-refractivity contribution in [3.05, 3.63) is 29.8 Å². The third-order valence-electron chi connectivity index (χ3n) is 1.88. The van der Waals surface area contributed by atoms with E-state index in [1.165, 1.54) is 13.1 Å². The molecule has 0 heterocycles. The Bertz CT molecular complexity index is 377. The molecule has 0 saturated heterocycles. The van der Waals surface area contributed by atoms with Gasteiger partial charge in [-0.25, -0.2) is 4.79 Å². The van der Waals surface area contributed by atoms with E-state index in [1.54, 1.807) is 18.2 Å². The van der Waals surface area contributed by atoms with Gasteiger partial charge < -0.3 is 15.7 Å². The third kappa shape index (κ3) is 2.98. The van der Waals surface area contributed by atoms with Crippen LogP contribution in [0.4, 0.5) is 5.69 Å². The molecule has 3 N–H and O–H groups in total. The minimum absolute atomic E-state index is 0.0563. The summed E-state index contributed by atoms with van der Waals surface area (Å²) in [5.41, 5.74) is 0.593. The van der Waals surface area contributed by atoms with Gasteiger partial charge in [-0.1, -0.05) is 12.1 Å². The maximum absolute atomic E-state index is 10.9. The van der Waals surface area contributed by atoms with Crippen molar-refractivity contribution < 1.29 is 14.7 Å². The van der Waals surface area contributed by atoms with E-state index in [9.17, 15) is 9.59 Å². The Morgan fingerprint density at radius 3 is 2.60 bits per heavy atom. The van der Waals surface area contributed by atoms with E-state index in [4.69, 9.17) is 5.11 Å². The number of carbonyl (C=O) groups excluding carboxylic acids is 1. The Hall–Kier alpha value is -2.04. The maximum Gasteiger partial charge on any atom is 0.337 e. The highest BCUT2D eigenvalue weighted by Gasteiger charge is 2.08. The first kappa shape index (κ1) is 11.0. The number of carboxylic acids is 1. The van der Waals surface area contributed by atoms with Crippen LogP contribution in [0.3, 0.4) is 0 Å². The zero-order valence-corrected chi connectivity index (χ0v) is 8.28. The van der Waals surface area contributed by atoms with Gasteiger partial charge in [0, 0.05) is 12.7 Å². The second kappa shape index (κ2) is 4.99. The Morgan fingerprint density at radius 1 is 1.33 bits per heavy atom. The average Bonchev–Trinajstić information content (AvgIpc) is 2.26. The summed E-state index contributed by atoms with van der Waals surface area (Å²) >= 11 is 0. The van der Waals surface area contributed by atoms with Crippen LogP contribution >= 0.6 is 0 Å². The van der Waals surface area contributed by atoms with E-state index in [0.717, 1.165) is 0 Å². The highest BCUT2D eigenvalue weighted by atomic mass is 16.4. The molecule has 0 bridgehead atoms. The van der Waals surface area contributed by atoms with Crippen LogP contribution in [-0.4, -0.2) is 30.6 Å². The van der Waals surface area contributed by atoms with E-state index in [1.807, 2.05) is 0 Å². The summed E-state index contributed by atoms with van der Waals surface area (Å²) in [5, 5.41) is 14.0. The molecule has 0 aliphatic rings. The number of anilines is 1. The predicted octanol–water partition coefficient (Wildman–Crippen LogP) is 0.543. The zero-order valence-electron chi connectivity index (χ0n) is 8.28. The molecular weight excluding hydrogens is 196 g/mol. The number of rotatable bonds is 4. The smallest absolute Gasteiger partial charge is 0.337 e. The summed E-state index contributed by atoms with van der Waals surface area (Å²) in [6.07, 6.45) is 0. The molecule has 0 aromatic heterocycles. The van der Waals surface area contributed by atoms with Gasteiger partial charge in [0.05, 0.1) is 12.1 Å². The summed E-state index contributed by atoms with van der Waals surface area (Å²) in [5.74, 6) is -1.22. The molecule has 1 aromatic carbocycles. The molecule has 15 heavy (non-hydrogen) atoms. The van der Waals surface area contributed by atoms with Crippen molar-refractivity contribution in [2.24, 2.45) is 0 Å². The number of benzene rings is 1. The highest BCUT2D eigenvalue weighted by Crippen LogP contribution is 2.14. The quantitative estimate of drug-likeness (QED) is 0.675. The second-order valence-electron chi connectivity index (χ2n) is 2.88. The number of aromatic carboxylic acids is 1. The van der Waals surface area contributed by atoms with E-state index in [2.05, 4.69) is 10.6 Å². The zero-order chi connectivity index (χ0) is 11.3. The fraction of sp³-hybridized carbons (Fsp3) is 0.200. The minimum atomic E-state index is -1.02. The largest absolute Gasteiger partial charge is 0.478 e. The first-order valence-corrected chi connectivity index (χ1v) is 4.42. The van der Waals surface area contributed by atoms with Gasteiger partial charge in [0.25, 0.3) is 0 Å². The average molecular weight is 208 g/mol. The predicted molar refractivity (Wildman–Crippen MR) is 56.0 cm³/mol. The molecule has 0 atom stereocenters. The lowest BCUT2D eigenvalue weighted by Crippen LogP contribution is -2.26. The maximum atomic E-state index is 10.9. The van der Waals surface area contributed by atoms with Gasteiger partial charge in [0.1, 0.15) is 0 Å². The first-order chi connectivity index (χ1) is 7.15. The standard InChI is InChI=1S/C10H12N2O3/c1-11-9(13)6-12-8-5-3-2-4-7(8)10(14)15/h2-5,12H,6H2,1H3,(H,11,13)(H,14,15). The Balaban J connectivity index is 2.76. The van der Waals surface area contributed by atoms with Crippen LogP contribution in [0.15, 0.2) is 24.3 Å². The summed E-state index contributed by atoms with van der Waals surface area (Å²) in [4.78, 5) is 21.7. The van der Waals surface area contributed by atoms with Gasteiger partial charge in [-0.3, -0.25) is 4.79 Å². The van der Waals surface area contributed by atoms with Crippen LogP contribution < -0.4 is 10.6 Å². The molecule has 1 amide bonds. The molecule has 0 aliphatic heterocycles. The second-order valence-corrected chi connectivity index (χ2v) is 2.88. The SMILES string of the molecule is CNC(=O)CNc1ccccc1C(=O)O. The number of hydrogen-bond donors (Lipinski definition) is 3. The summed E-state index contributed by atoms with van der Waals surface area (Å²) in [6.45, 7) is 0.0563. The molecule has 0 spiro atoms. The van der Waals surface area contributed by atoms with E-state index in [-0.39, 0.29) is 18.0 Å². The topological polar surface area (TPSA) is 78.4 Å². The molecular formula is C10H12N2O3. The van der Waals surface area contributed by atoms with Crippen molar-refractivity contribution >= 4 is 17.6 Å². The minimum Gasteiger partial charge on any atom is -0.478 e. The number of para-hydroxylation sites is 1. The van der Waals surface area contributed by atoms with Crippen molar-refractivity contribution in [3.8, 4) is 0 Å². The Labute approximate surface area is 87.1 Å². The molecule has 5 heteroatoms. The van der Waals surface area contributed by atoms with E-state index >= 15 is 0 Å². The molecule has 5 nitrogen and oxygen atoms in total. The van der Waals surface area contributed by atoms with Crippen LogP contribution in [0.25, 0.3) is 0 Å². The number of likely N-dealkylation sites (N-methyl/N-ethyl adjacent to an activating group) is 1. The van der Waals surface area contributed by atoms with Crippen molar-refractivity contribution in [2.45, 2.75) is 0 Å². The summed E-state index contributed by atoms with van der Waals surface area (Å²) in [7, 11) is 1.52. The van der Waals surface area contributed by atoms with Gasteiger partial charge in [-0.05, 0) is 12.1 Å². The van der Waals surface area contributed by atoms with Gasteiger partial charge in [-0.15, -0.1) is 0 Å². The van der Waals surface area contributed by atoms with Crippen molar-refractivity contribution in [1.29, 1.82) is 0 Å². The van der Waals surface area contributed by atoms with Gasteiger partial charge in [0.15, 0.2) is 0 Å². The lowest BCUT2D eigenvalue weighted by atomic mass is 10.2. The van der Waals surface area contributed by atoms with Crippen molar-refractivity contribution in [2.75, 3.05) is 18.9 Å². The lowest BCUT2D eigenvalue weighted by Gasteiger charge is -2.07. The van der Waals surface area contributed by atoms with Gasteiger partial charge in [-0.2, -0.15) is 0 Å². The number of amides is 1. The molecule has 1 aromatic rings. The molecule has 80 valence electrons. The van der Waals surface area contributed by atoms with Crippen LogP contribution in [0, 0.1) is 0 Å². The number of nitrogens with one attached hydrogen (secondary N) is 2. The van der Waals surface area contributed by atoms with Crippen molar-refractivity contribution in [3.63, 3.8) is 0 Å². The van der Waals surface area contributed by atoms with Gasteiger partial charge in [0.2, 0.25) is 5.91 Å². The number of carboxylic acid groups (broad SMARTS) is 1. The van der Waals surface area contributed by atoms with E-state index in [0.29, 0.717) is 5.69 Å².